The Balaban J connectivity index is 2.15. The molecule has 4 nitrogen and oxygen atoms in total. The van der Waals surface area contributed by atoms with Gasteiger partial charge in [0.05, 0.1) is 0 Å². The van der Waals surface area contributed by atoms with Gasteiger partial charge >= 0.3 is 0 Å². The molecule has 1 fully saturated rings. The summed E-state index contributed by atoms with van der Waals surface area (Å²) in [5.41, 5.74) is 0. The second kappa shape index (κ2) is 6.22. The fourth-order valence-corrected chi connectivity index (χ4v) is 2.95. The summed E-state index contributed by atoms with van der Waals surface area (Å²) in [6.07, 6.45) is 5.26. The Bertz CT molecular complexity index is 419. The molecule has 2 unspecified atom stereocenters. The molecular formula is C15H26N4. The molecule has 1 aromatic rings. The van der Waals surface area contributed by atoms with Crippen molar-refractivity contribution in [2.24, 2.45) is 5.92 Å². The van der Waals surface area contributed by atoms with Crippen LogP contribution in [0.1, 0.15) is 45.4 Å². The van der Waals surface area contributed by atoms with Gasteiger partial charge in [0, 0.05) is 25.7 Å². The number of aromatic nitrogens is 2. The van der Waals surface area contributed by atoms with Crippen molar-refractivity contribution in [2.75, 3.05) is 23.8 Å². The second-order valence-corrected chi connectivity index (χ2v) is 5.73. The molecule has 106 valence electrons. The van der Waals surface area contributed by atoms with Gasteiger partial charge in [-0.05, 0) is 32.6 Å². The second-order valence-electron chi connectivity index (χ2n) is 5.73. The van der Waals surface area contributed by atoms with E-state index in [-0.39, 0.29) is 0 Å². The molecule has 1 saturated carbocycles. The molecule has 0 aromatic carbocycles. The van der Waals surface area contributed by atoms with Gasteiger partial charge in [0.1, 0.15) is 17.5 Å². The predicted octanol–water partition coefficient (Wildman–Crippen LogP) is 3.23. The molecule has 1 aliphatic rings. The van der Waals surface area contributed by atoms with Crippen molar-refractivity contribution in [3.05, 3.63) is 11.9 Å². The van der Waals surface area contributed by atoms with Gasteiger partial charge in [-0.25, -0.2) is 9.97 Å². The van der Waals surface area contributed by atoms with E-state index in [0.717, 1.165) is 29.9 Å². The van der Waals surface area contributed by atoms with Crippen LogP contribution in [0.2, 0.25) is 0 Å². The summed E-state index contributed by atoms with van der Waals surface area (Å²) in [4.78, 5) is 11.3. The summed E-state index contributed by atoms with van der Waals surface area (Å²) >= 11 is 0. The van der Waals surface area contributed by atoms with Crippen molar-refractivity contribution < 1.29 is 0 Å². The van der Waals surface area contributed by atoms with Crippen LogP contribution in [0.5, 0.6) is 0 Å². The Morgan fingerprint density at radius 3 is 2.84 bits per heavy atom. The number of nitrogens with zero attached hydrogens (tertiary/aromatic N) is 3. The van der Waals surface area contributed by atoms with Crippen LogP contribution in [0.15, 0.2) is 6.07 Å². The lowest BCUT2D eigenvalue weighted by Gasteiger charge is -2.35. The molecule has 1 aliphatic carbocycles. The van der Waals surface area contributed by atoms with Gasteiger partial charge in [0.25, 0.3) is 0 Å². The molecule has 2 rings (SSSR count). The van der Waals surface area contributed by atoms with E-state index in [2.05, 4.69) is 47.1 Å². The van der Waals surface area contributed by atoms with Crippen LogP contribution in [-0.2, 0) is 0 Å². The molecule has 0 bridgehead atoms. The van der Waals surface area contributed by atoms with Gasteiger partial charge in [-0.15, -0.1) is 0 Å². The molecule has 2 atom stereocenters. The van der Waals surface area contributed by atoms with Crippen molar-refractivity contribution in [3.63, 3.8) is 0 Å². The van der Waals surface area contributed by atoms with E-state index in [9.17, 15) is 0 Å². The van der Waals surface area contributed by atoms with E-state index < -0.39 is 0 Å². The molecule has 0 saturated heterocycles. The van der Waals surface area contributed by atoms with Crippen molar-refractivity contribution >= 4 is 11.6 Å². The lowest BCUT2D eigenvalue weighted by molar-refractivity contribution is 0.335. The van der Waals surface area contributed by atoms with Gasteiger partial charge in [-0.1, -0.05) is 19.8 Å². The number of hydrogen-bond acceptors (Lipinski definition) is 4. The fourth-order valence-electron chi connectivity index (χ4n) is 2.95. The van der Waals surface area contributed by atoms with Crippen molar-refractivity contribution in [3.8, 4) is 0 Å². The molecule has 0 aliphatic heterocycles. The third-order valence-electron chi connectivity index (χ3n) is 4.00. The van der Waals surface area contributed by atoms with E-state index in [4.69, 9.17) is 0 Å². The zero-order chi connectivity index (χ0) is 13.8. The van der Waals surface area contributed by atoms with Crippen molar-refractivity contribution in [1.29, 1.82) is 0 Å². The van der Waals surface area contributed by atoms with Gasteiger partial charge in [0.2, 0.25) is 0 Å². The number of rotatable bonds is 4. The summed E-state index contributed by atoms with van der Waals surface area (Å²) in [5.74, 6) is 3.64. The van der Waals surface area contributed by atoms with Crippen molar-refractivity contribution in [2.45, 2.75) is 52.5 Å². The highest BCUT2D eigenvalue weighted by Crippen LogP contribution is 2.29. The molecule has 0 radical (unpaired) electrons. The maximum atomic E-state index is 4.59. The Morgan fingerprint density at radius 2 is 2.16 bits per heavy atom. The lowest BCUT2D eigenvalue weighted by atomic mass is 9.86. The molecule has 19 heavy (non-hydrogen) atoms. The van der Waals surface area contributed by atoms with Crippen molar-refractivity contribution in [1.82, 2.24) is 9.97 Å². The number of aryl methyl sites for hydroxylation is 1. The van der Waals surface area contributed by atoms with Crippen LogP contribution in [0.4, 0.5) is 11.6 Å². The minimum atomic E-state index is 0.618. The van der Waals surface area contributed by atoms with Gasteiger partial charge in [-0.3, -0.25) is 0 Å². The first-order chi connectivity index (χ1) is 9.10. The van der Waals surface area contributed by atoms with Crippen LogP contribution in [0.25, 0.3) is 0 Å². The summed E-state index contributed by atoms with van der Waals surface area (Å²) in [6, 6.07) is 2.68. The predicted molar refractivity (Wildman–Crippen MR) is 80.8 cm³/mol. The molecule has 4 heteroatoms. The highest BCUT2D eigenvalue weighted by Gasteiger charge is 2.23. The molecule has 0 amide bonds. The first-order valence-corrected chi connectivity index (χ1v) is 7.42. The van der Waals surface area contributed by atoms with Gasteiger partial charge in [-0.2, -0.15) is 0 Å². The average Bonchev–Trinajstić information content (AvgIpc) is 2.37. The van der Waals surface area contributed by atoms with E-state index in [1.807, 2.05) is 6.92 Å². The van der Waals surface area contributed by atoms with Crippen LogP contribution >= 0.6 is 0 Å². The third kappa shape index (κ3) is 3.58. The Hall–Kier alpha value is -1.32. The van der Waals surface area contributed by atoms with Gasteiger partial charge in [0.15, 0.2) is 0 Å². The Labute approximate surface area is 116 Å². The molecule has 0 spiro atoms. The number of anilines is 2. The largest absolute Gasteiger partial charge is 0.370 e. The Kier molecular flexibility index (Phi) is 4.61. The SMILES string of the molecule is CCNc1cc(N(C)C2CCCC(C)C2)nc(C)n1. The smallest absolute Gasteiger partial charge is 0.134 e. The molecular weight excluding hydrogens is 236 g/mol. The minimum absolute atomic E-state index is 0.618. The summed E-state index contributed by atoms with van der Waals surface area (Å²) in [5, 5.41) is 3.28. The van der Waals surface area contributed by atoms with Crippen LogP contribution in [0, 0.1) is 12.8 Å². The average molecular weight is 262 g/mol. The van der Waals surface area contributed by atoms with E-state index in [1.165, 1.54) is 25.7 Å². The highest BCUT2D eigenvalue weighted by molar-refractivity contribution is 5.49. The third-order valence-corrected chi connectivity index (χ3v) is 4.00. The fraction of sp³-hybridized carbons (Fsp3) is 0.733. The van der Waals surface area contributed by atoms with Crippen LogP contribution in [-0.4, -0.2) is 29.6 Å². The van der Waals surface area contributed by atoms with Crippen LogP contribution < -0.4 is 10.2 Å². The summed E-state index contributed by atoms with van der Waals surface area (Å²) < 4.78 is 0. The number of hydrogen-bond donors (Lipinski definition) is 1. The maximum Gasteiger partial charge on any atom is 0.134 e. The standard InChI is InChI=1S/C15H26N4/c1-5-16-14-10-15(18-12(3)17-14)19(4)13-8-6-7-11(2)9-13/h10-11,13H,5-9H2,1-4H3,(H,16,17,18). The zero-order valence-electron chi connectivity index (χ0n) is 12.6. The van der Waals surface area contributed by atoms with E-state index in [1.54, 1.807) is 0 Å². The Morgan fingerprint density at radius 1 is 1.37 bits per heavy atom. The number of nitrogens with one attached hydrogen (secondary N) is 1. The molecule has 1 N–H and O–H groups in total. The normalized spacial score (nSPS) is 23.2. The first-order valence-electron chi connectivity index (χ1n) is 7.42. The first kappa shape index (κ1) is 14.1. The minimum Gasteiger partial charge on any atom is -0.370 e. The summed E-state index contributed by atoms with van der Waals surface area (Å²) in [7, 11) is 2.17. The quantitative estimate of drug-likeness (QED) is 0.904. The van der Waals surface area contributed by atoms with Crippen LogP contribution in [0.3, 0.4) is 0 Å². The summed E-state index contributed by atoms with van der Waals surface area (Å²) in [6.45, 7) is 7.29. The monoisotopic (exact) mass is 262 g/mol. The van der Waals surface area contributed by atoms with E-state index in [0.29, 0.717) is 6.04 Å². The topological polar surface area (TPSA) is 41.0 Å². The molecule has 1 heterocycles. The maximum absolute atomic E-state index is 4.59. The van der Waals surface area contributed by atoms with E-state index >= 15 is 0 Å². The molecule has 1 aromatic heterocycles. The zero-order valence-corrected chi connectivity index (χ0v) is 12.6. The lowest BCUT2D eigenvalue weighted by Crippen LogP contribution is -2.36. The highest BCUT2D eigenvalue weighted by atomic mass is 15.2. The van der Waals surface area contributed by atoms with Gasteiger partial charge < -0.3 is 10.2 Å².